The van der Waals surface area contributed by atoms with Crippen LogP contribution in [0.1, 0.15) is 48.0 Å². The summed E-state index contributed by atoms with van der Waals surface area (Å²) in [7, 11) is -2.00. The third-order valence-electron chi connectivity index (χ3n) is 7.68. The number of amides is 3. The molecule has 210 valence electrons. The number of rotatable bonds is 4. The summed E-state index contributed by atoms with van der Waals surface area (Å²) in [6, 6.07) is 5.19. The summed E-state index contributed by atoms with van der Waals surface area (Å²) in [5.41, 5.74) is 0.646. The SMILES string of the molecule is CC(C)(C)OC(=O)N1CCN(c2ccc3c(c2)OCC[C@H]2[C@H](CO[Si](C)(C)C(C)(C)C)OC(=O)N32)C(=O)C1. The standard InChI is InChI=1S/C27H41N3O7Si/c1-26(2,3)37-24(32)28-12-13-29(23(31)16-28)18-9-10-19-21(15-18)34-14-11-20-22(36-25(33)30(19)20)17-35-38(7,8)27(4,5)6/h9-10,15,20,22H,11-14,16-17H2,1-8H3/t20-,22-/m0/s1. The molecule has 1 aromatic carbocycles. The second kappa shape index (κ2) is 10.1. The first-order valence-electron chi connectivity index (χ1n) is 13.3. The van der Waals surface area contributed by atoms with Crippen molar-refractivity contribution in [1.82, 2.24) is 4.90 Å². The largest absolute Gasteiger partial charge is 0.491 e. The van der Waals surface area contributed by atoms with Gasteiger partial charge in [0.2, 0.25) is 5.91 Å². The van der Waals surface area contributed by atoms with Crippen LogP contribution in [0, 0.1) is 0 Å². The van der Waals surface area contributed by atoms with Crippen LogP contribution in [0.5, 0.6) is 5.75 Å². The van der Waals surface area contributed by atoms with Crippen LogP contribution in [0.3, 0.4) is 0 Å². The molecule has 10 nitrogen and oxygen atoms in total. The zero-order valence-electron chi connectivity index (χ0n) is 23.8. The van der Waals surface area contributed by atoms with Crippen molar-refractivity contribution in [2.24, 2.45) is 0 Å². The van der Waals surface area contributed by atoms with Crippen molar-refractivity contribution in [3.05, 3.63) is 18.2 Å². The highest BCUT2D eigenvalue weighted by molar-refractivity contribution is 6.74. The number of fused-ring (bicyclic) bond motifs is 3. The van der Waals surface area contributed by atoms with E-state index < -0.39 is 26.1 Å². The summed E-state index contributed by atoms with van der Waals surface area (Å²) in [6.07, 6.45) is -0.690. The maximum Gasteiger partial charge on any atom is 0.415 e. The molecule has 0 aliphatic carbocycles. The lowest BCUT2D eigenvalue weighted by molar-refractivity contribution is -0.121. The van der Waals surface area contributed by atoms with Gasteiger partial charge < -0.3 is 23.5 Å². The summed E-state index contributed by atoms with van der Waals surface area (Å²) in [4.78, 5) is 43.0. The fourth-order valence-corrected chi connectivity index (χ4v) is 5.53. The van der Waals surface area contributed by atoms with E-state index in [4.69, 9.17) is 18.6 Å². The average molecular weight is 548 g/mol. The maximum absolute atomic E-state index is 13.0. The van der Waals surface area contributed by atoms with Gasteiger partial charge in [-0.25, -0.2) is 9.59 Å². The highest BCUT2D eigenvalue weighted by Gasteiger charge is 2.47. The van der Waals surface area contributed by atoms with Crippen molar-refractivity contribution < 1.29 is 33.0 Å². The van der Waals surface area contributed by atoms with Crippen LogP contribution >= 0.6 is 0 Å². The van der Waals surface area contributed by atoms with Crippen molar-refractivity contribution in [1.29, 1.82) is 0 Å². The van der Waals surface area contributed by atoms with Gasteiger partial charge in [0.1, 0.15) is 24.0 Å². The summed E-state index contributed by atoms with van der Waals surface area (Å²) < 4.78 is 23.6. The van der Waals surface area contributed by atoms with Gasteiger partial charge in [0.05, 0.1) is 24.9 Å². The van der Waals surface area contributed by atoms with E-state index in [-0.39, 0.29) is 29.6 Å². The van der Waals surface area contributed by atoms with E-state index in [1.165, 1.54) is 4.90 Å². The topological polar surface area (TPSA) is 97.9 Å². The number of nitrogens with zero attached hydrogens (tertiary/aromatic N) is 3. The first-order valence-corrected chi connectivity index (χ1v) is 16.2. The van der Waals surface area contributed by atoms with Crippen LogP contribution < -0.4 is 14.5 Å². The molecule has 1 aromatic rings. The molecule has 0 spiro atoms. The number of hydrogen-bond acceptors (Lipinski definition) is 7. The predicted octanol–water partition coefficient (Wildman–Crippen LogP) is 4.77. The van der Waals surface area contributed by atoms with Gasteiger partial charge in [-0.1, -0.05) is 20.8 Å². The van der Waals surface area contributed by atoms with E-state index in [1.54, 1.807) is 48.8 Å². The smallest absolute Gasteiger partial charge is 0.415 e. The van der Waals surface area contributed by atoms with Crippen LogP contribution in [-0.2, 0) is 18.7 Å². The van der Waals surface area contributed by atoms with Crippen LogP contribution in [0.2, 0.25) is 18.1 Å². The lowest BCUT2D eigenvalue weighted by atomic mass is 10.1. The van der Waals surface area contributed by atoms with Crippen LogP contribution in [0.4, 0.5) is 21.0 Å². The zero-order chi connectivity index (χ0) is 28.0. The summed E-state index contributed by atoms with van der Waals surface area (Å²) in [5.74, 6) is 0.312. The molecular weight excluding hydrogens is 506 g/mol. The van der Waals surface area contributed by atoms with Crippen LogP contribution in [0.25, 0.3) is 0 Å². The van der Waals surface area contributed by atoms with Gasteiger partial charge in [-0.05, 0) is 51.0 Å². The third kappa shape index (κ3) is 5.78. The molecule has 0 saturated carbocycles. The molecule has 2 fully saturated rings. The minimum atomic E-state index is -2.00. The normalized spacial score (nSPS) is 22.4. The van der Waals surface area contributed by atoms with Crippen molar-refractivity contribution in [3.63, 3.8) is 0 Å². The molecule has 3 heterocycles. The zero-order valence-corrected chi connectivity index (χ0v) is 24.8. The molecule has 4 rings (SSSR count). The van der Waals surface area contributed by atoms with Crippen LogP contribution in [0.15, 0.2) is 18.2 Å². The number of anilines is 2. The minimum Gasteiger partial charge on any atom is -0.491 e. The summed E-state index contributed by atoms with van der Waals surface area (Å²) in [5, 5.41) is 0.0562. The molecule has 3 amide bonds. The van der Waals surface area contributed by atoms with Gasteiger partial charge in [0.15, 0.2) is 8.32 Å². The fraction of sp³-hybridized carbons (Fsp3) is 0.667. The molecule has 0 aromatic heterocycles. The molecule has 38 heavy (non-hydrogen) atoms. The molecule has 2 atom stereocenters. The average Bonchev–Trinajstić information content (AvgIpc) is 2.98. The van der Waals surface area contributed by atoms with Gasteiger partial charge in [0.25, 0.3) is 0 Å². The molecule has 11 heteroatoms. The predicted molar refractivity (Wildman–Crippen MR) is 146 cm³/mol. The number of ether oxygens (including phenoxy) is 3. The van der Waals surface area contributed by atoms with Crippen molar-refractivity contribution in [2.45, 2.75) is 83.8 Å². The fourth-order valence-electron chi connectivity index (χ4n) is 4.51. The highest BCUT2D eigenvalue weighted by Crippen LogP contribution is 2.42. The second-order valence-electron chi connectivity index (χ2n) is 12.7. The Kier molecular flexibility index (Phi) is 7.48. The summed E-state index contributed by atoms with van der Waals surface area (Å²) in [6.45, 7) is 17.7. The Balaban J connectivity index is 1.47. The lowest BCUT2D eigenvalue weighted by Gasteiger charge is -2.37. The molecule has 0 unspecified atom stereocenters. The van der Waals surface area contributed by atoms with Crippen molar-refractivity contribution in [2.75, 3.05) is 42.6 Å². The highest BCUT2D eigenvalue weighted by atomic mass is 28.4. The number of benzene rings is 1. The van der Waals surface area contributed by atoms with E-state index >= 15 is 0 Å². The van der Waals surface area contributed by atoms with Gasteiger partial charge in [-0.2, -0.15) is 0 Å². The van der Waals surface area contributed by atoms with Gasteiger partial charge >= 0.3 is 12.2 Å². The Morgan fingerprint density at radius 3 is 2.45 bits per heavy atom. The molecular formula is C27H41N3O7Si. The van der Waals surface area contributed by atoms with Crippen molar-refractivity contribution >= 4 is 37.8 Å². The van der Waals surface area contributed by atoms with E-state index in [9.17, 15) is 14.4 Å². The quantitative estimate of drug-likeness (QED) is 0.501. The molecule has 3 aliphatic heterocycles. The number of hydrogen-bond donors (Lipinski definition) is 0. The van der Waals surface area contributed by atoms with E-state index in [2.05, 4.69) is 33.9 Å². The van der Waals surface area contributed by atoms with Crippen molar-refractivity contribution in [3.8, 4) is 5.75 Å². The third-order valence-corrected chi connectivity index (χ3v) is 12.2. The van der Waals surface area contributed by atoms with Gasteiger partial charge in [0, 0.05) is 31.3 Å². The number of cyclic esters (lactones) is 1. The Morgan fingerprint density at radius 1 is 1.11 bits per heavy atom. The van der Waals surface area contributed by atoms with E-state index in [0.717, 1.165) is 0 Å². The van der Waals surface area contributed by atoms with Gasteiger partial charge in [-0.3, -0.25) is 14.6 Å². The Hall–Kier alpha value is -2.79. The minimum absolute atomic E-state index is 0.0562. The Labute approximate surface area is 226 Å². The number of piperazine rings is 1. The molecule has 2 saturated heterocycles. The first-order chi connectivity index (χ1) is 17.6. The van der Waals surface area contributed by atoms with E-state index in [0.29, 0.717) is 49.8 Å². The molecule has 0 bridgehead atoms. The number of carbonyl (C=O) groups is 3. The Morgan fingerprint density at radius 2 is 1.82 bits per heavy atom. The number of carbonyl (C=O) groups excluding carboxylic acids is 3. The molecule has 0 radical (unpaired) electrons. The Bertz CT molecular complexity index is 1100. The summed E-state index contributed by atoms with van der Waals surface area (Å²) >= 11 is 0. The van der Waals surface area contributed by atoms with E-state index in [1.807, 2.05) is 0 Å². The van der Waals surface area contributed by atoms with Crippen LogP contribution in [-0.4, -0.2) is 81.9 Å². The monoisotopic (exact) mass is 547 g/mol. The molecule has 3 aliphatic rings. The molecule has 0 N–H and O–H groups in total. The maximum atomic E-state index is 13.0. The van der Waals surface area contributed by atoms with Gasteiger partial charge in [-0.15, -0.1) is 0 Å². The first kappa shape index (κ1) is 28.2. The lowest BCUT2D eigenvalue weighted by Crippen LogP contribution is -2.53. The second-order valence-corrected chi connectivity index (χ2v) is 17.5.